The van der Waals surface area contributed by atoms with Crippen molar-refractivity contribution in [3.8, 4) is 0 Å². The summed E-state index contributed by atoms with van der Waals surface area (Å²) in [6.07, 6.45) is 1.30. The van der Waals surface area contributed by atoms with E-state index in [-0.39, 0.29) is 24.1 Å². The number of thioether (sulfide) groups is 1. The van der Waals surface area contributed by atoms with Gasteiger partial charge in [-0.25, -0.2) is 12.7 Å². The first kappa shape index (κ1) is 25.7. The van der Waals surface area contributed by atoms with E-state index in [1.807, 2.05) is 24.3 Å². The fraction of sp³-hybridized carbons (Fsp3) is 0.409. The number of piperidine rings is 1. The Kier molecular flexibility index (Phi) is 9.58. The second kappa shape index (κ2) is 12.0. The second-order valence-electron chi connectivity index (χ2n) is 7.59. The predicted molar refractivity (Wildman–Crippen MR) is 134 cm³/mol. The molecule has 0 saturated carbocycles. The molecule has 5 nitrogen and oxygen atoms in total. The molecule has 1 fully saturated rings. The first-order valence-electron chi connectivity index (χ1n) is 10.3. The molecule has 0 spiro atoms. The molecule has 1 N–H and O–H groups in total. The number of hydrogen-bond acceptors (Lipinski definition) is 4. The minimum Gasteiger partial charge on any atom is -0.355 e. The van der Waals surface area contributed by atoms with E-state index in [0.717, 1.165) is 22.1 Å². The highest BCUT2D eigenvalue weighted by molar-refractivity contribution is 7.98. The number of benzene rings is 2. The van der Waals surface area contributed by atoms with Gasteiger partial charge in [-0.15, -0.1) is 0 Å². The molecule has 1 saturated heterocycles. The summed E-state index contributed by atoms with van der Waals surface area (Å²) < 4.78 is 27.3. The van der Waals surface area contributed by atoms with Gasteiger partial charge in [0.2, 0.25) is 15.9 Å². The lowest BCUT2D eigenvalue weighted by Gasteiger charge is -2.31. The van der Waals surface area contributed by atoms with Crippen LogP contribution in [0.2, 0.25) is 15.1 Å². The minimum absolute atomic E-state index is 0.112. The molecule has 1 atom stereocenters. The smallest absolute Gasteiger partial charge is 0.224 e. The fourth-order valence-electron chi connectivity index (χ4n) is 3.54. The lowest BCUT2D eigenvalue weighted by molar-refractivity contribution is -0.125. The molecule has 174 valence electrons. The Balaban J connectivity index is 1.48. The number of sulfonamides is 1. The minimum atomic E-state index is -3.64. The maximum atomic E-state index is 13.0. The van der Waals surface area contributed by atoms with Gasteiger partial charge < -0.3 is 5.32 Å². The van der Waals surface area contributed by atoms with Gasteiger partial charge in [-0.2, -0.15) is 11.8 Å². The largest absolute Gasteiger partial charge is 0.355 e. The van der Waals surface area contributed by atoms with Crippen molar-refractivity contribution in [1.82, 2.24) is 9.62 Å². The Labute approximate surface area is 208 Å². The van der Waals surface area contributed by atoms with E-state index in [4.69, 9.17) is 34.8 Å². The van der Waals surface area contributed by atoms with Gasteiger partial charge in [0.15, 0.2) is 0 Å². The molecule has 2 aromatic carbocycles. The van der Waals surface area contributed by atoms with Crippen LogP contribution in [-0.2, 0) is 26.3 Å². The molecule has 0 bridgehead atoms. The van der Waals surface area contributed by atoms with Crippen molar-refractivity contribution in [3.05, 3.63) is 68.7 Å². The number of nitrogens with one attached hydrogen (secondary N) is 1. The number of amides is 1. The first-order valence-corrected chi connectivity index (χ1v) is 14.2. The normalized spacial score (nSPS) is 17.3. The van der Waals surface area contributed by atoms with Crippen molar-refractivity contribution in [1.29, 1.82) is 0 Å². The number of halogens is 3. The summed E-state index contributed by atoms with van der Waals surface area (Å²) in [5.41, 5.74) is 1.45. The van der Waals surface area contributed by atoms with Gasteiger partial charge in [0, 0.05) is 51.8 Å². The molecule has 10 heteroatoms. The third kappa shape index (κ3) is 7.02. The Morgan fingerprint density at radius 3 is 2.47 bits per heavy atom. The van der Waals surface area contributed by atoms with E-state index in [1.165, 1.54) is 4.31 Å². The Hall–Kier alpha value is -0.960. The monoisotopic (exact) mass is 534 g/mol. The van der Waals surface area contributed by atoms with Crippen molar-refractivity contribution in [2.24, 2.45) is 5.92 Å². The van der Waals surface area contributed by atoms with Gasteiger partial charge in [-0.3, -0.25) is 4.79 Å². The molecule has 1 aliphatic heterocycles. The van der Waals surface area contributed by atoms with Crippen molar-refractivity contribution >= 4 is 62.5 Å². The van der Waals surface area contributed by atoms with Crippen LogP contribution < -0.4 is 5.32 Å². The van der Waals surface area contributed by atoms with Gasteiger partial charge in [0.05, 0.1) is 11.7 Å². The second-order valence-corrected chi connectivity index (χ2v) is 11.9. The van der Waals surface area contributed by atoms with Gasteiger partial charge in [0.1, 0.15) is 0 Å². The summed E-state index contributed by atoms with van der Waals surface area (Å²) in [7, 11) is -3.64. The number of hydrogen-bond donors (Lipinski definition) is 1. The fourth-order valence-corrected chi connectivity index (χ4v) is 7.05. The molecule has 3 rings (SSSR count). The van der Waals surface area contributed by atoms with E-state index in [0.29, 0.717) is 41.5 Å². The highest BCUT2D eigenvalue weighted by atomic mass is 35.5. The number of rotatable bonds is 9. The maximum Gasteiger partial charge on any atom is 0.224 e. The molecule has 2 aromatic rings. The van der Waals surface area contributed by atoms with Gasteiger partial charge >= 0.3 is 0 Å². The van der Waals surface area contributed by atoms with E-state index < -0.39 is 10.0 Å². The van der Waals surface area contributed by atoms with Crippen LogP contribution in [0.25, 0.3) is 0 Å². The van der Waals surface area contributed by atoms with Crippen molar-refractivity contribution < 1.29 is 13.2 Å². The van der Waals surface area contributed by atoms with Gasteiger partial charge in [0.25, 0.3) is 0 Å². The van der Waals surface area contributed by atoms with Crippen LogP contribution in [-0.4, -0.2) is 44.0 Å². The molecule has 1 unspecified atom stereocenters. The lowest BCUT2D eigenvalue weighted by atomic mass is 9.99. The quantitative estimate of drug-likeness (QED) is 0.446. The van der Waals surface area contributed by atoms with E-state index >= 15 is 0 Å². The zero-order valence-corrected chi connectivity index (χ0v) is 21.3. The molecule has 0 aromatic heterocycles. The van der Waals surface area contributed by atoms with E-state index in [1.54, 1.807) is 30.0 Å². The molecule has 0 radical (unpaired) electrons. The standard InChI is InChI=1S/C22H25Cl3N2O3S2/c23-19-7-2-1-5-17(19)14-31-12-10-26-22(28)16-6-4-11-27(13-16)32(29,30)15-18-20(24)8-3-9-21(18)25/h1-3,5,7-9,16H,4,6,10-15H2,(H,26,28). The van der Waals surface area contributed by atoms with Crippen LogP contribution in [0.15, 0.2) is 42.5 Å². The van der Waals surface area contributed by atoms with Gasteiger partial charge in [-0.05, 0) is 36.6 Å². The SMILES string of the molecule is O=C(NCCSCc1ccccc1Cl)C1CCCN(S(=O)(=O)Cc2c(Cl)cccc2Cl)C1. The highest BCUT2D eigenvalue weighted by Gasteiger charge is 2.33. The lowest BCUT2D eigenvalue weighted by Crippen LogP contribution is -2.46. The van der Waals surface area contributed by atoms with Crippen LogP contribution in [0.1, 0.15) is 24.0 Å². The average Bonchev–Trinajstić information content (AvgIpc) is 2.77. The molecule has 32 heavy (non-hydrogen) atoms. The molecular weight excluding hydrogens is 511 g/mol. The average molecular weight is 536 g/mol. The van der Waals surface area contributed by atoms with Crippen LogP contribution in [0, 0.1) is 5.92 Å². The third-order valence-corrected chi connectivity index (χ3v) is 9.15. The Bertz CT molecular complexity index is 1030. The van der Waals surface area contributed by atoms with Crippen LogP contribution >= 0.6 is 46.6 Å². The highest BCUT2D eigenvalue weighted by Crippen LogP contribution is 2.29. The molecule has 0 aliphatic carbocycles. The van der Waals surface area contributed by atoms with Gasteiger partial charge in [-0.1, -0.05) is 59.1 Å². The van der Waals surface area contributed by atoms with Crippen LogP contribution in [0.3, 0.4) is 0 Å². The summed E-state index contributed by atoms with van der Waals surface area (Å²) in [5, 5.41) is 4.32. The zero-order chi connectivity index (χ0) is 23.1. The van der Waals surface area contributed by atoms with Crippen molar-refractivity contribution in [3.63, 3.8) is 0 Å². The molecule has 1 amide bonds. The van der Waals surface area contributed by atoms with E-state index in [9.17, 15) is 13.2 Å². The van der Waals surface area contributed by atoms with E-state index in [2.05, 4.69) is 5.32 Å². The maximum absolute atomic E-state index is 13.0. The number of carbonyl (C=O) groups is 1. The van der Waals surface area contributed by atoms with Crippen molar-refractivity contribution in [2.45, 2.75) is 24.3 Å². The van der Waals surface area contributed by atoms with Crippen LogP contribution in [0.5, 0.6) is 0 Å². The zero-order valence-electron chi connectivity index (χ0n) is 17.4. The Morgan fingerprint density at radius 2 is 1.75 bits per heavy atom. The summed E-state index contributed by atoms with van der Waals surface area (Å²) in [6.45, 7) is 1.08. The third-order valence-electron chi connectivity index (χ3n) is 5.30. The molecule has 1 aliphatic rings. The molecule has 1 heterocycles. The van der Waals surface area contributed by atoms with Crippen LogP contribution in [0.4, 0.5) is 0 Å². The predicted octanol–water partition coefficient (Wildman–Crippen LogP) is 5.24. The topological polar surface area (TPSA) is 66.5 Å². The summed E-state index contributed by atoms with van der Waals surface area (Å²) >= 11 is 20.1. The summed E-state index contributed by atoms with van der Waals surface area (Å²) in [5.74, 6) is 0.762. The number of carbonyl (C=O) groups excluding carboxylic acids is 1. The number of nitrogens with zero attached hydrogens (tertiary/aromatic N) is 1. The summed E-state index contributed by atoms with van der Waals surface area (Å²) in [6, 6.07) is 12.6. The molecular formula is C22H25Cl3N2O3S2. The summed E-state index contributed by atoms with van der Waals surface area (Å²) in [4.78, 5) is 12.6. The Morgan fingerprint density at radius 1 is 1.06 bits per heavy atom. The first-order chi connectivity index (χ1) is 15.3. The van der Waals surface area contributed by atoms with Crippen molar-refractivity contribution in [2.75, 3.05) is 25.4 Å².